The van der Waals surface area contributed by atoms with Crippen molar-refractivity contribution >= 4 is 21.8 Å². The third-order valence-electron chi connectivity index (χ3n) is 3.48. The normalized spacial score (nSPS) is 19.7. The topological polar surface area (TPSA) is 23.6 Å². The number of likely N-dealkylation sites (tertiary alicyclic amines) is 1. The van der Waals surface area contributed by atoms with Crippen LogP contribution in [0.4, 0.5) is 4.39 Å². The fourth-order valence-corrected chi connectivity index (χ4v) is 2.79. The molecule has 1 saturated heterocycles. The summed E-state index contributed by atoms with van der Waals surface area (Å²) in [5.41, 5.74) is 0.640. The van der Waals surface area contributed by atoms with Crippen molar-refractivity contribution in [2.45, 2.75) is 25.4 Å². The van der Waals surface area contributed by atoms with E-state index < -0.39 is 0 Å². The second-order valence-electron chi connectivity index (χ2n) is 5.10. The highest BCUT2D eigenvalue weighted by atomic mass is 79.9. The number of nitrogens with zero attached hydrogens (tertiary/aromatic N) is 2. The van der Waals surface area contributed by atoms with E-state index in [9.17, 15) is 9.18 Å². The first kappa shape index (κ1) is 14.5. The molecule has 1 fully saturated rings. The summed E-state index contributed by atoms with van der Waals surface area (Å²) in [5, 5.41) is 0. The Balaban J connectivity index is 2.11. The van der Waals surface area contributed by atoms with E-state index in [0.717, 1.165) is 23.9 Å². The summed E-state index contributed by atoms with van der Waals surface area (Å²) in [5.74, 6) is -0.118. The molecule has 1 heterocycles. The Morgan fingerprint density at radius 1 is 1.53 bits per heavy atom. The van der Waals surface area contributed by atoms with E-state index in [1.54, 1.807) is 25.1 Å². The van der Waals surface area contributed by atoms with Crippen LogP contribution < -0.4 is 0 Å². The van der Waals surface area contributed by atoms with Crippen molar-refractivity contribution in [3.63, 3.8) is 0 Å². The second kappa shape index (κ2) is 6.01. The Bertz CT molecular complexity index is 479. The number of carbonyl (C=O) groups is 1. The maximum atomic E-state index is 13.8. The van der Waals surface area contributed by atoms with E-state index in [-0.39, 0.29) is 17.8 Å². The van der Waals surface area contributed by atoms with Gasteiger partial charge in [0.2, 0.25) is 5.91 Å². The SMILES string of the molecule is CN(C)C(=O)C1CCCN1Cc1ccc(Br)cc1F. The number of amides is 1. The van der Waals surface area contributed by atoms with E-state index in [4.69, 9.17) is 0 Å². The Morgan fingerprint density at radius 3 is 2.89 bits per heavy atom. The molecule has 104 valence electrons. The number of likely N-dealkylation sites (N-methyl/N-ethyl adjacent to an activating group) is 1. The molecule has 0 aliphatic carbocycles. The lowest BCUT2D eigenvalue weighted by Gasteiger charge is -2.26. The number of carbonyl (C=O) groups excluding carboxylic acids is 1. The third kappa shape index (κ3) is 3.34. The summed E-state index contributed by atoms with van der Waals surface area (Å²) in [4.78, 5) is 15.7. The molecule has 0 radical (unpaired) electrons. The molecule has 0 N–H and O–H groups in total. The van der Waals surface area contributed by atoms with Crippen molar-refractivity contribution in [3.05, 3.63) is 34.1 Å². The van der Waals surface area contributed by atoms with Crippen molar-refractivity contribution in [2.75, 3.05) is 20.6 Å². The lowest BCUT2D eigenvalue weighted by Crippen LogP contribution is -2.42. The van der Waals surface area contributed by atoms with Gasteiger partial charge >= 0.3 is 0 Å². The summed E-state index contributed by atoms with van der Waals surface area (Å²) in [6, 6.07) is 4.96. The summed E-state index contributed by atoms with van der Waals surface area (Å²) >= 11 is 3.25. The van der Waals surface area contributed by atoms with E-state index in [1.165, 1.54) is 6.07 Å². The van der Waals surface area contributed by atoms with Gasteiger partial charge in [0, 0.05) is 30.7 Å². The Hall–Kier alpha value is -0.940. The predicted octanol–water partition coefficient (Wildman–Crippen LogP) is 2.64. The van der Waals surface area contributed by atoms with E-state index in [0.29, 0.717) is 12.1 Å². The highest BCUT2D eigenvalue weighted by molar-refractivity contribution is 9.10. The third-order valence-corrected chi connectivity index (χ3v) is 3.97. The molecule has 1 aromatic rings. The maximum absolute atomic E-state index is 13.8. The van der Waals surface area contributed by atoms with Gasteiger partial charge < -0.3 is 4.90 Å². The minimum absolute atomic E-state index is 0.106. The zero-order valence-electron chi connectivity index (χ0n) is 11.2. The van der Waals surface area contributed by atoms with Crippen LogP contribution in [0.1, 0.15) is 18.4 Å². The molecule has 5 heteroatoms. The Labute approximate surface area is 121 Å². The van der Waals surface area contributed by atoms with Gasteiger partial charge in [-0.05, 0) is 31.5 Å². The predicted molar refractivity (Wildman–Crippen MR) is 76.2 cm³/mol. The lowest BCUT2D eigenvalue weighted by atomic mass is 10.1. The fourth-order valence-electron chi connectivity index (χ4n) is 2.46. The number of hydrogen-bond donors (Lipinski definition) is 0. The van der Waals surface area contributed by atoms with Crippen LogP contribution in [-0.4, -0.2) is 42.4 Å². The molecule has 0 aromatic heterocycles. The Kier molecular flexibility index (Phi) is 4.58. The minimum Gasteiger partial charge on any atom is -0.347 e. The first-order valence-electron chi connectivity index (χ1n) is 6.38. The van der Waals surface area contributed by atoms with Crippen molar-refractivity contribution in [1.82, 2.24) is 9.80 Å². The molecule has 2 rings (SSSR count). The van der Waals surface area contributed by atoms with Gasteiger partial charge in [-0.3, -0.25) is 9.69 Å². The molecular formula is C14H18BrFN2O. The van der Waals surface area contributed by atoms with Crippen LogP contribution in [0.2, 0.25) is 0 Å². The number of hydrogen-bond acceptors (Lipinski definition) is 2. The average molecular weight is 329 g/mol. The van der Waals surface area contributed by atoms with E-state index >= 15 is 0 Å². The molecule has 19 heavy (non-hydrogen) atoms. The van der Waals surface area contributed by atoms with Crippen molar-refractivity contribution in [1.29, 1.82) is 0 Å². The van der Waals surface area contributed by atoms with E-state index in [1.807, 2.05) is 6.07 Å². The fraction of sp³-hybridized carbons (Fsp3) is 0.500. The van der Waals surface area contributed by atoms with E-state index in [2.05, 4.69) is 20.8 Å². The molecule has 1 atom stereocenters. The highest BCUT2D eigenvalue weighted by Gasteiger charge is 2.31. The van der Waals surface area contributed by atoms with Gasteiger partial charge in [-0.15, -0.1) is 0 Å². The molecule has 0 spiro atoms. The Morgan fingerprint density at radius 2 is 2.26 bits per heavy atom. The second-order valence-corrected chi connectivity index (χ2v) is 6.01. The summed E-state index contributed by atoms with van der Waals surface area (Å²) < 4.78 is 14.6. The number of rotatable bonds is 3. The average Bonchev–Trinajstić information content (AvgIpc) is 2.79. The van der Waals surface area contributed by atoms with Crippen molar-refractivity contribution in [3.8, 4) is 0 Å². The zero-order valence-corrected chi connectivity index (χ0v) is 12.8. The molecule has 1 unspecified atom stereocenters. The molecule has 1 amide bonds. The smallest absolute Gasteiger partial charge is 0.239 e. The van der Waals surface area contributed by atoms with Crippen LogP contribution in [0.3, 0.4) is 0 Å². The molecular weight excluding hydrogens is 311 g/mol. The number of halogens is 2. The summed E-state index contributed by atoms with van der Waals surface area (Å²) in [6.45, 7) is 1.34. The number of benzene rings is 1. The van der Waals surface area contributed by atoms with Gasteiger partial charge in [-0.1, -0.05) is 22.0 Å². The molecule has 3 nitrogen and oxygen atoms in total. The first-order chi connectivity index (χ1) is 8.99. The van der Waals surface area contributed by atoms with Gasteiger partial charge in [-0.25, -0.2) is 4.39 Å². The maximum Gasteiger partial charge on any atom is 0.239 e. The van der Waals surface area contributed by atoms with Crippen LogP contribution in [0, 0.1) is 5.82 Å². The molecule has 1 aliphatic heterocycles. The molecule has 1 aromatic carbocycles. The standard InChI is InChI=1S/C14H18BrFN2O/c1-17(2)14(19)13-4-3-7-18(13)9-10-5-6-11(15)8-12(10)16/h5-6,8,13H,3-4,7,9H2,1-2H3. The highest BCUT2D eigenvalue weighted by Crippen LogP contribution is 2.23. The van der Waals surface area contributed by atoms with Crippen LogP contribution in [-0.2, 0) is 11.3 Å². The quantitative estimate of drug-likeness (QED) is 0.851. The molecule has 1 aliphatic rings. The first-order valence-corrected chi connectivity index (χ1v) is 7.17. The van der Waals surface area contributed by atoms with Crippen LogP contribution in [0.25, 0.3) is 0 Å². The molecule has 0 saturated carbocycles. The molecule has 0 bridgehead atoms. The van der Waals surface area contributed by atoms with Gasteiger partial charge in [-0.2, -0.15) is 0 Å². The van der Waals surface area contributed by atoms with Gasteiger partial charge in [0.25, 0.3) is 0 Å². The summed E-state index contributed by atoms with van der Waals surface area (Å²) in [6.07, 6.45) is 1.84. The van der Waals surface area contributed by atoms with Crippen LogP contribution >= 0.6 is 15.9 Å². The monoisotopic (exact) mass is 328 g/mol. The van der Waals surface area contributed by atoms with Crippen LogP contribution in [0.5, 0.6) is 0 Å². The van der Waals surface area contributed by atoms with Crippen molar-refractivity contribution < 1.29 is 9.18 Å². The largest absolute Gasteiger partial charge is 0.347 e. The van der Waals surface area contributed by atoms with Crippen molar-refractivity contribution in [2.24, 2.45) is 0 Å². The van der Waals surface area contributed by atoms with Gasteiger partial charge in [0.05, 0.1) is 6.04 Å². The van der Waals surface area contributed by atoms with Crippen LogP contribution in [0.15, 0.2) is 22.7 Å². The minimum atomic E-state index is -0.225. The summed E-state index contributed by atoms with van der Waals surface area (Å²) in [7, 11) is 3.53. The lowest BCUT2D eigenvalue weighted by molar-refractivity contribution is -0.133. The van der Waals surface area contributed by atoms with Gasteiger partial charge in [0.15, 0.2) is 0 Å². The zero-order chi connectivity index (χ0) is 14.0. The van der Waals surface area contributed by atoms with Gasteiger partial charge in [0.1, 0.15) is 5.82 Å².